The molecule has 0 amide bonds. The van der Waals surface area contributed by atoms with E-state index in [0.29, 0.717) is 6.61 Å². The van der Waals surface area contributed by atoms with Gasteiger partial charge in [0.2, 0.25) is 0 Å². The SMILES string of the molecule is Bc1ccc(C2(c3ccccc3)COC(N)=N2)cc1. The fourth-order valence-corrected chi connectivity index (χ4v) is 2.44. The zero-order valence-corrected chi connectivity index (χ0v) is 10.8. The first kappa shape index (κ1) is 11.8. The van der Waals surface area contributed by atoms with Crippen molar-refractivity contribution >= 4 is 19.3 Å². The second-order valence-electron chi connectivity index (χ2n) is 4.83. The summed E-state index contributed by atoms with van der Waals surface area (Å²) in [7, 11) is 2.07. The molecule has 1 aliphatic heterocycles. The average Bonchev–Trinajstić information content (AvgIpc) is 2.84. The lowest BCUT2D eigenvalue weighted by Crippen LogP contribution is -2.27. The zero-order chi connectivity index (χ0) is 13.3. The van der Waals surface area contributed by atoms with E-state index in [1.807, 2.05) is 18.2 Å². The van der Waals surface area contributed by atoms with Crippen molar-refractivity contribution in [1.29, 1.82) is 0 Å². The summed E-state index contributed by atoms with van der Waals surface area (Å²) in [5.74, 6) is 0. The van der Waals surface area contributed by atoms with Crippen LogP contribution in [0, 0.1) is 0 Å². The molecule has 0 saturated heterocycles. The number of ether oxygens (including phenoxy) is 1. The van der Waals surface area contributed by atoms with Crippen molar-refractivity contribution in [1.82, 2.24) is 0 Å². The molecule has 94 valence electrons. The first-order chi connectivity index (χ1) is 9.21. The van der Waals surface area contributed by atoms with Crippen molar-refractivity contribution in [2.75, 3.05) is 6.61 Å². The molecular formula is C15H15BN2O. The van der Waals surface area contributed by atoms with Crippen LogP contribution in [0.4, 0.5) is 0 Å². The topological polar surface area (TPSA) is 47.6 Å². The first-order valence-electron chi connectivity index (χ1n) is 6.31. The maximum atomic E-state index is 5.74. The highest BCUT2D eigenvalue weighted by molar-refractivity contribution is 6.32. The van der Waals surface area contributed by atoms with E-state index in [4.69, 9.17) is 10.5 Å². The van der Waals surface area contributed by atoms with Gasteiger partial charge in [0.05, 0.1) is 0 Å². The number of aliphatic imine (C=N–C) groups is 1. The second kappa shape index (κ2) is 4.46. The Morgan fingerprint density at radius 3 is 2.21 bits per heavy atom. The molecule has 1 aliphatic rings. The van der Waals surface area contributed by atoms with E-state index in [0.717, 1.165) is 11.1 Å². The van der Waals surface area contributed by atoms with Crippen molar-refractivity contribution in [3.8, 4) is 0 Å². The quantitative estimate of drug-likeness (QED) is 0.790. The lowest BCUT2D eigenvalue weighted by atomic mass is 9.82. The molecule has 19 heavy (non-hydrogen) atoms. The monoisotopic (exact) mass is 250 g/mol. The second-order valence-corrected chi connectivity index (χ2v) is 4.83. The molecule has 1 atom stereocenters. The van der Waals surface area contributed by atoms with Crippen LogP contribution < -0.4 is 11.2 Å². The molecule has 1 heterocycles. The van der Waals surface area contributed by atoms with E-state index < -0.39 is 5.54 Å². The third-order valence-electron chi connectivity index (χ3n) is 3.51. The van der Waals surface area contributed by atoms with E-state index in [1.54, 1.807) is 0 Å². The summed E-state index contributed by atoms with van der Waals surface area (Å²) in [6.07, 6.45) is 0. The maximum absolute atomic E-state index is 5.74. The van der Waals surface area contributed by atoms with Crippen LogP contribution in [0.15, 0.2) is 59.6 Å². The predicted molar refractivity (Wildman–Crippen MR) is 79.4 cm³/mol. The summed E-state index contributed by atoms with van der Waals surface area (Å²) in [4.78, 5) is 4.56. The Kier molecular flexibility index (Phi) is 2.78. The highest BCUT2D eigenvalue weighted by Crippen LogP contribution is 2.36. The van der Waals surface area contributed by atoms with Crippen LogP contribution >= 0.6 is 0 Å². The summed E-state index contributed by atoms with van der Waals surface area (Å²) < 4.78 is 5.44. The van der Waals surface area contributed by atoms with Crippen LogP contribution in [0.3, 0.4) is 0 Å². The summed E-state index contributed by atoms with van der Waals surface area (Å²) in [5.41, 5.74) is 8.65. The number of hydrogen-bond acceptors (Lipinski definition) is 3. The van der Waals surface area contributed by atoms with E-state index in [-0.39, 0.29) is 6.02 Å². The summed E-state index contributed by atoms with van der Waals surface area (Å²) in [5, 5.41) is 0. The number of nitrogens with two attached hydrogens (primary N) is 1. The molecule has 2 aromatic rings. The minimum absolute atomic E-state index is 0.254. The third-order valence-corrected chi connectivity index (χ3v) is 3.51. The lowest BCUT2D eigenvalue weighted by molar-refractivity contribution is 0.278. The summed E-state index contributed by atoms with van der Waals surface area (Å²) in [6, 6.07) is 18.7. The third kappa shape index (κ3) is 1.99. The number of rotatable bonds is 2. The van der Waals surface area contributed by atoms with Gasteiger partial charge in [0.1, 0.15) is 14.5 Å². The highest BCUT2D eigenvalue weighted by atomic mass is 16.5. The molecule has 1 unspecified atom stereocenters. The molecule has 3 nitrogen and oxygen atoms in total. The molecule has 0 saturated carbocycles. The fraction of sp³-hybridized carbons (Fsp3) is 0.133. The van der Waals surface area contributed by atoms with Crippen LogP contribution in [-0.2, 0) is 10.3 Å². The Hall–Kier alpha value is -2.23. The first-order valence-corrected chi connectivity index (χ1v) is 6.31. The Morgan fingerprint density at radius 1 is 1.00 bits per heavy atom. The van der Waals surface area contributed by atoms with Crippen LogP contribution in [0.2, 0.25) is 0 Å². The fourth-order valence-electron chi connectivity index (χ4n) is 2.44. The van der Waals surface area contributed by atoms with Gasteiger partial charge in [0.25, 0.3) is 6.02 Å². The number of nitrogens with zero attached hydrogens (tertiary/aromatic N) is 1. The van der Waals surface area contributed by atoms with Crippen molar-refractivity contribution in [3.63, 3.8) is 0 Å². The molecule has 2 aromatic carbocycles. The normalized spacial score (nSPS) is 21.8. The summed E-state index contributed by atoms with van der Waals surface area (Å²) >= 11 is 0. The van der Waals surface area contributed by atoms with Gasteiger partial charge in [-0.05, 0) is 11.1 Å². The van der Waals surface area contributed by atoms with Crippen molar-refractivity contribution in [3.05, 3.63) is 65.7 Å². The molecule has 0 bridgehead atoms. The molecule has 3 rings (SSSR count). The largest absolute Gasteiger partial charge is 0.462 e. The molecule has 2 N–H and O–H groups in total. The lowest BCUT2D eigenvalue weighted by Gasteiger charge is -2.25. The van der Waals surface area contributed by atoms with Crippen LogP contribution in [0.25, 0.3) is 0 Å². The standard InChI is InChI=1S/C15H15BN2O/c16-13-8-6-12(7-9-13)15(10-19-14(17)18-15)11-4-2-1-3-5-11/h1-9H,10,16H2,(H2,17,18). The van der Waals surface area contributed by atoms with E-state index in [9.17, 15) is 0 Å². The van der Waals surface area contributed by atoms with Gasteiger partial charge in [-0.2, -0.15) is 0 Å². The van der Waals surface area contributed by atoms with E-state index >= 15 is 0 Å². The van der Waals surface area contributed by atoms with Crippen LogP contribution in [0.1, 0.15) is 11.1 Å². The zero-order valence-electron chi connectivity index (χ0n) is 10.8. The Labute approximate surface area is 113 Å². The van der Waals surface area contributed by atoms with Crippen LogP contribution in [0.5, 0.6) is 0 Å². The van der Waals surface area contributed by atoms with Gasteiger partial charge in [0.15, 0.2) is 5.54 Å². The molecule has 0 aliphatic carbocycles. The molecular weight excluding hydrogens is 235 g/mol. The van der Waals surface area contributed by atoms with Gasteiger partial charge in [-0.15, -0.1) is 0 Å². The predicted octanol–water partition coefficient (Wildman–Crippen LogP) is 0.533. The highest BCUT2D eigenvalue weighted by Gasteiger charge is 2.39. The van der Waals surface area contributed by atoms with Gasteiger partial charge >= 0.3 is 0 Å². The molecule has 0 fully saturated rings. The van der Waals surface area contributed by atoms with Gasteiger partial charge in [-0.25, -0.2) is 4.99 Å². The smallest absolute Gasteiger partial charge is 0.283 e. The number of benzene rings is 2. The Bertz CT molecular complexity index is 610. The Balaban J connectivity index is 2.16. The number of amidine groups is 1. The van der Waals surface area contributed by atoms with Gasteiger partial charge < -0.3 is 10.5 Å². The van der Waals surface area contributed by atoms with Gasteiger partial charge in [-0.3, -0.25) is 0 Å². The minimum Gasteiger partial charge on any atom is -0.462 e. The molecule has 0 spiro atoms. The van der Waals surface area contributed by atoms with E-state index in [1.165, 1.54) is 5.46 Å². The van der Waals surface area contributed by atoms with E-state index in [2.05, 4.69) is 49.2 Å². The van der Waals surface area contributed by atoms with Gasteiger partial charge in [0, 0.05) is 0 Å². The molecule has 0 radical (unpaired) electrons. The molecule has 0 aromatic heterocycles. The van der Waals surface area contributed by atoms with Crippen molar-refractivity contribution in [2.24, 2.45) is 10.7 Å². The molecule has 4 heteroatoms. The van der Waals surface area contributed by atoms with Crippen LogP contribution in [-0.4, -0.2) is 20.5 Å². The maximum Gasteiger partial charge on any atom is 0.283 e. The Morgan fingerprint density at radius 2 is 1.63 bits per heavy atom. The van der Waals surface area contributed by atoms with Gasteiger partial charge in [-0.1, -0.05) is 60.1 Å². The van der Waals surface area contributed by atoms with Crippen molar-refractivity contribution < 1.29 is 4.74 Å². The van der Waals surface area contributed by atoms with Crippen molar-refractivity contribution in [2.45, 2.75) is 5.54 Å². The summed E-state index contributed by atoms with van der Waals surface area (Å²) in [6.45, 7) is 0.450. The number of hydrogen-bond donors (Lipinski definition) is 1. The minimum atomic E-state index is -0.515. The average molecular weight is 250 g/mol.